The van der Waals surface area contributed by atoms with Crippen molar-refractivity contribution in [2.75, 3.05) is 19.6 Å². The second-order valence-electron chi connectivity index (χ2n) is 5.50. The predicted molar refractivity (Wildman–Crippen MR) is 71.8 cm³/mol. The van der Waals surface area contributed by atoms with Crippen LogP contribution in [0.5, 0.6) is 0 Å². The van der Waals surface area contributed by atoms with Crippen molar-refractivity contribution in [1.29, 1.82) is 5.26 Å². The van der Waals surface area contributed by atoms with Crippen molar-refractivity contribution >= 4 is 0 Å². The van der Waals surface area contributed by atoms with Crippen LogP contribution in [0.15, 0.2) is 0 Å². The first-order valence-corrected chi connectivity index (χ1v) is 7.03. The molecule has 1 fully saturated rings. The van der Waals surface area contributed by atoms with Crippen LogP contribution in [0.1, 0.15) is 52.9 Å². The van der Waals surface area contributed by atoms with Gasteiger partial charge < -0.3 is 4.90 Å². The van der Waals surface area contributed by atoms with Crippen LogP contribution in [0.2, 0.25) is 0 Å². The number of hydrogen-bond acceptors (Lipinski definition) is 3. The molecule has 98 valence electrons. The van der Waals surface area contributed by atoms with E-state index in [9.17, 15) is 5.26 Å². The minimum Gasteiger partial charge on any atom is -0.303 e. The van der Waals surface area contributed by atoms with Crippen molar-refractivity contribution in [3.63, 3.8) is 0 Å². The summed E-state index contributed by atoms with van der Waals surface area (Å²) >= 11 is 0. The molecule has 1 saturated heterocycles. The zero-order valence-electron chi connectivity index (χ0n) is 11.6. The third-order valence-electron chi connectivity index (χ3n) is 3.66. The molecule has 0 aliphatic carbocycles. The molecule has 1 N–H and O–H groups in total. The maximum atomic E-state index is 9.39. The van der Waals surface area contributed by atoms with Gasteiger partial charge in [-0.3, -0.25) is 5.32 Å². The lowest BCUT2D eigenvalue weighted by Crippen LogP contribution is -2.47. The van der Waals surface area contributed by atoms with Gasteiger partial charge in [0.2, 0.25) is 0 Å². The van der Waals surface area contributed by atoms with Gasteiger partial charge in [-0.2, -0.15) is 5.26 Å². The van der Waals surface area contributed by atoms with Crippen molar-refractivity contribution in [3.8, 4) is 6.07 Å². The first-order chi connectivity index (χ1) is 8.12. The Kier molecular flexibility index (Phi) is 5.94. The Morgan fingerprint density at radius 2 is 2.00 bits per heavy atom. The molecule has 1 rings (SSSR count). The molecule has 0 amide bonds. The van der Waals surface area contributed by atoms with E-state index in [1.54, 1.807) is 0 Å². The lowest BCUT2D eigenvalue weighted by atomic mass is 9.91. The highest BCUT2D eigenvalue weighted by atomic mass is 15.1. The van der Waals surface area contributed by atoms with Gasteiger partial charge in [0, 0.05) is 6.04 Å². The number of nitriles is 1. The van der Waals surface area contributed by atoms with E-state index in [0.29, 0.717) is 6.04 Å². The molecule has 1 aliphatic rings. The lowest BCUT2D eigenvalue weighted by Gasteiger charge is -2.29. The average Bonchev–Trinajstić information content (AvgIpc) is 2.80. The first kappa shape index (κ1) is 14.5. The molecule has 0 aromatic carbocycles. The maximum Gasteiger partial charge on any atom is 0.106 e. The summed E-state index contributed by atoms with van der Waals surface area (Å²) in [6, 6.07) is 2.87. The molecule has 1 aliphatic heterocycles. The second kappa shape index (κ2) is 6.98. The van der Waals surface area contributed by atoms with Crippen LogP contribution in [0.25, 0.3) is 0 Å². The average molecular weight is 237 g/mol. The molecule has 0 saturated carbocycles. The number of rotatable bonds is 7. The van der Waals surface area contributed by atoms with Crippen molar-refractivity contribution in [3.05, 3.63) is 0 Å². The normalized spacial score (nSPS) is 20.4. The van der Waals surface area contributed by atoms with Crippen LogP contribution in [0.3, 0.4) is 0 Å². The van der Waals surface area contributed by atoms with Crippen LogP contribution in [0.4, 0.5) is 0 Å². The number of nitrogens with zero attached hydrogens (tertiary/aromatic N) is 2. The Morgan fingerprint density at radius 1 is 1.35 bits per heavy atom. The number of likely N-dealkylation sites (tertiary alicyclic amines) is 1. The van der Waals surface area contributed by atoms with Gasteiger partial charge in [0.1, 0.15) is 5.54 Å². The van der Waals surface area contributed by atoms with E-state index < -0.39 is 0 Å². The van der Waals surface area contributed by atoms with Gasteiger partial charge in [0.25, 0.3) is 0 Å². The molecule has 1 atom stereocenters. The van der Waals surface area contributed by atoms with Crippen LogP contribution in [-0.2, 0) is 0 Å². The molecule has 1 unspecified atom stereocenters. The molecule has 1 heterocycles. The van der Waals surface area contributed by atoms with Crippen LogP contribution in [-0.4, -0.2) is 36.1 Å². The zero-order chi connectivity index (χ0) is 12.7. The van der Waals surface area contributed by atoms with Gasteiger partial charge in [0.05, 0.1) is 6.07 Å². The third kappa shape index (κ3) is 4.65. The molecule has 0 aromatic heterocycles. The van der Waals surface area contributed by atoms with E-state index in [4.69, 9.17) is 0 Å². The summed E-state index contributed by atoms with van der Waals surface area (Å²) in [5, 5.41) is 12.8. The highest BCUT2D eigenvalue weighted by Crippen LogP contribution is 2.19. The standard InChI is InChI=1S/C14H27N3/c1-4-14(12-15,16-13(2)3)8-7-11-17-9-5-6-10-17/h13,16H,4-11H2,1-3H3. The van der Waals surface area contributed by atoms with E-state index in [1.807, 2.05) is 0 Å². The Labute approximate surface area is 106 Å². The zero-order valence-corrected chi connectivity index (χ0v) is 11.6. The van der Waals surface area contributed by atoms with Gasteiger partial charge in [-0.05, 0) is 65.6 Å². The monoisotopic (exact) mass is 237 g/mol. The SMILES string of the molecule is CCC(C#N)(CCCN1CCCC1)NC(C)C. The Balaban J connectivity index is 2.35. The fourth-order valence-electron chi connectivity index (χ4n) is 2.68. The molecule has 3 heteroatoms. The largest absolute Gasteiger partial charge is 0.303 e. The van der Waals surface area contributed by atoms with Crippen molar-refractivity contribution in [2.24, 2.45) is 0 Å². The Hall–Kier alpha value is -0.590. The summed E-state index contributed by atoms with van der Waals surface area (Å²) in [6.07, 6.45) is 5.68. The Bertz CT molecular complexity index is 251. The summed E-state index contributed by atoms with van der Waals surface area (Å²) in [6.45, 7) is 9.99. The van der Waals surface area contributed by atoms with Gasteiger partial charge >= 0.3 is 0 Å². The highest BCUT2D eigenvalue weighted by Gasteiger charge is 2.28. The van der Waals surface area contributed by atoms with Gasteiger partial charge in [-0.25, -0.2) is 0 Å². The minimum atomic E-state index is -0.312. The fraction of sp³-hybridized carbons (Fsp3) is 0.929. The molecule has 0 aromatic rings. The third-order valence-corrected chi connectivity index (χ3v) is 3.66. The van der Waals surface area contributed by atoms with E-state index >= 15 is 0 Å². The van der Waals surface area contributed by atoms with Crippen molar-refractivity contribution in [2.45, 2.75) is 64.5 Å². The molecular weight excluding hydrogens is 210 g/mol. The predicted octanol–water partition coefficient (Wildman–Crippen LogP) is 2.53. The molecule has 0 spiro atoms. The summed E-state index contributed by atoms with van der Waals surface area (Å²) in [7, 11) is 0. The first-order valence-electron chi connectivity index (χ1n) is 7.03. The molecule has 0 radical (unpaired) electrons. The number of nitrogens with one attached hydrogen (secondary N) is 1. The minimum absolute atomic E-state index is 0.312. The molecule has 17 heavy (non-hydrogen) atoms. The van der Waals surface area contributed by atoms with E-state index in [-0.39, 0.29) is 5.54 Å². The van der Waals surface area contributed by atoms with Crippen molar-refractivity contribution in [1.82, 2.24) is 10.2 Å². The molecule has 0 bridgehead atoms. The van der Waals surface area contributed by atoms with E-state index in [0.717, 1.165) is 25.8 Å². The fourth-order valence-corrected chi connectivity index (χ4v) is 2.68. The quantitative estimate of drug-likeness (QED) is 0.739. The maximum absolute atomic E-state index is 9.39. The van der Waals surface area contributed by atoms with Crippen LogP contribution < -0.4 is 5.32 Å². The lowest BCUT2D eigenvalue weighted by molar-refractivity contribution is 0.286. The van der Waals surface area contributed by atoms with Gasteiger partial charge in [0.15, 0.2) is 0 Å². The highest BCUT2D eigenvalue weighted by molar-refractivity contribution is 5.06. The topological polar surface area (TPSA) is 39.1 Å². The summed E-state index contributed by atoms with van der Waals surface area (Å²) in [5.74, 6) is 0. The van der Waals surface area contributed by atoms with Crippen molar-refractivity contribution < 1.29 is 0 Å². The van der Waals surface area contributed by atoms with E-state index in [2.05, 4.69) is 37.1 Å². The van der Waals surface area contributed by atoms with E-state index in [1.165, 1.54) is 25.9 Å². The van der Waals surface area contributed by atoms with Gasteiger partial charge in [-0.15, -0.1) is 0 Å². The smallest absolute Gasteiger partial charge is 0.106 e. The summed E-state index contributed by atoms with van der Waals surface area (Å²) in [4.78, 5) is 2.52. The summed E-state index contributed by atoms with van der Waals surface area (Å²) in [5.41, 5.74) is -0.312. The summed E-state index contributed by atoms with van der Waals surface area (Å²) < 4.78 is 0. The second-order valence-corrected chi connectivity index (χ2v) is 5.50. The number of hydrogen-bond donors (Lipinski definition) is 1. The van der Waals surface area contributed by atoms with Crippen LogP contribution >= 0.6 is 0 Å². The Morgan fingerprint density at radius 3 is 2.47 bits per heavy atom. The van der Waals surface area contributed by atoms with Gasteiger partial charge in [-0.1, -0.05) is 6.92 Å². The molecule has 3 nitrogen and oxygen atoms in total. The molecular formula is C14H27N3. The van der Waals surface area contributed by atoms with Crippen LogP contribution in [0, 0.1) is 11.3 Å².